The highest BCUT2D eigenvalue weighted by atomic mass is 16.4. The molecule has 798 valence electrons. The van der Waals surface area contributed by atoms with E-state index in [4.69, 9.17) is 91.9 Å². The lowest BCUT2D eigenvalue weighted by Crippen LogP contribution is -2.23. The number of rotatable bonds is 87. The Balaban J connectivity index is -0.000000192. The SMILES string of the molecule is CC(C)(CCCCCCCCCCCCC(C)(C)C(=O)O)C(=O)O.O=C(O)CCCCCCCCC(=O)O.O=C(O)CCCCCCCCC(=O)O.O=C(O)CCCCCCCCC(=O)O.O=C(O)CCCCCCCCC(=O)O.O=C(O)CCCCCCCCC(=O)O.O=C(O)CCCCCCCCC(=O)O.O=C(O)CCCCCCCCC(=O)O.O=C(O)CCCCCCCCC(=O)O. The first-order chi connectivity index (χ1) is 64.1. The molecule has 0 spiro atoms. The van der Waals surface area contributed by atoms with E-state index in [1.54, 1.807) is 27.7 Å². The molecular formula is C100H182O36. The molecule has 0 aliphatic heterocycles. The fourth-order valence-corrected chi connectivity index (χ4v) is 12.8. The Hall–Kier alpha value is -9.54. The van der Waals surface area contributed by atoms with Crippen molar-refractivity contribution in [2.75, 3.05) is 0 Å². The van der Waals surface area contributed by atoms with Crippen molar-refractivity contribution in [3.05, 3.63) is 0 Å². The molecule has 0 unspecified atom stereocenters. The normalized spacial score (nSPS) is 10.4. The van der Waals surface area contributed by atoms with E-state index >= 15 is 0 Å². The third kappa shape index (κ3) is 164. The minimum Gasteiger partial charge on any atom is -0.481 e. The average Bonchev–Trinajstić information content (AvgIpc) is 0.912. The quantitative estimate of drug-likeness (QED) is 0.0251. The smallest absolute Gasteiger partial charge is 0.309 e. The molecule has 0 aromatic rings. The summed E-state index contributed by atoms with van der Waals surface area (Å²) in [6.45, 7) is 7.19. The number of hydrogen-bond acceptors (Lipinski definition) is 18. The minimum atomic E-state index is -0.740. The summed E-state index contributed by atoms with van der Waals surface area (Å²) in [7, 11) is 0. The first-order valence-electron chi connectivity index (χ1n) is 50.1. The van der Waals surface area contributed by atoms with Gasteiger partial charge in [-0.2, -0.15) is 0 Å². The topological polar surface area (TPSA) is 671 Å². The van der Waals surface area contributed by atoms with Crippen LogP contribution in [-0.4, -0.2) is 199 Å². The Labute approximate surface area is 808 Å². The molecule has 0 radical (unpaired) electrons. The summed E-state index contributed by atoms with van der Waals surface area (Å²) in [6.07, 6.45) is 59.7. The molecule has 0 saturated carbocycles. The van der Waals surface area contributed by atoms with Crippen molar-refractivity contribution < 1.29 is 178 Å². The molecule has 0 atom stereocenters. The number of carboxylic acids is 18. The van der Waals surface area contributed by atoms with Crippen LogP contribution < -0.4 is 0 Å². The highest BCUT2D eigenvalue weighted by Crippen LogP contribution is 2.27. The third-order valence-electron chi connectivity index (χ3n) is 21.3. The van der Waals surface area contributed by atoms with Crippen LogP contribution in [0.2, 0.25) is 0 Å². The zero-order valence-electron chi connectivity index (χ0n) is 83.1. The molecule has 0 aliphatic rings. The van der Waals surface area contributed by atoms with Gasteiger partial charge in [-0.1, -0.05) is 270 Å². The number of carbonyl (C=O) groups is 18. The van der Waals surface area contributed by atoms with Crippen LogP contribution in [0.1, 0.15) is 516 Å². The van der Waals surface area contributed by atoms with E-state index in [0.717, 1.165) is 347 Å². The van der Waals surface area contributed by atoms with Gasteiger partial charge in [0.2, 0.25) is 0 Å². The predicted molar refractivity (Wildman–Crippen MR) is 516 cm³/mol. The van der Waals surface area contributed by atoms with Gasteiger partial charge >= 0.3 is 107 Å². The molecule has 0 fully saturated rings. The second kappa shape index (κ2) is 111. The summed E-state index contributed by atoms with van der Waals surface area (Å²) in [4.78, 5) is 184. The van der Waals surface area contributed by atoms with Crippen LogP contribution >= 0.6 is 0 Å². The fraction of sp³-hybridized carbons (Fsp3) is 0.820. The number of carboxylic acid groups (broad SMARTS) is 18. The molecule has 0 saturated heterocycles. The summed E-state index contributed by atoms with van der Waals surface area (Å²) < 4.78 is 0. The van der Waals surface area contributed by atoms with E-state index in [9.17, 15) is 86.3 Å². The number of unbranched alkanes of at least 4 members (excludes halogenated alkanes) is 49. The van der Waals surface area contributed by atoms with Gasteiger partial charge in [-0.15, -0.1) is 0 Å². The van der Waals surface area contributed by atoms with Crippen LogP contribution in [0.15, 0.2) is 0 Å². The maximum Gasteiger partial charge on any atom is 0.309 e. The zero-order chi connectivity index (χ0) is 105. The standard InChI is InChI=1S/C20H38O4.8C10H18O4/c1-19(2,17(21)22)15-13-11-9-7-5-6-8-10-12-14-16-20(3,4)18(23)24;8*11-9(12)7-5-3-1-2-4-6-8-10(13)14/h5-16H2,1-4H3,(H,21,22)(H,23,24);8*1-8H2,(H,11,12)(H,13,14). The minimum absolute atomic E-state index is 0.245. The average molecular weight is 1960 g/mol. The van der Waals surface area contributed by atoms with Crippen LogP contribution in [0.3, 0.4) is 0 Å². The van der Waals surface area contributed by atoms with Crippen molar-refractivity contribution in [3.8, 4) is 0 Å². The lowest BCUT2D eigenvalue weighted by atomic mass is 9.87. The molecular weight excluding hydrogens is 1780 g/mol. The van der Waals surface area contributed by atoms with Crippen molar-refractivity contribution in [2.24, 2.45) is 10.8 Å². The predicted octanol–water partition coefficient (Wildman–Crippen LogP) is 24.1. The van der Waals surface area contributed by atoms with Crippen molar-refractivity contribution in [3.63, 3.8) is 0 Å². The van der Waals surface area contributed by atoms with Crippen LogP contribution in [0.25, 0.3) is 0 Å². The van der Waals surface area contributed by atoms with Crippen LogP contribution in [0, 0.1) is 10.8 Å². The lowest BCUT2D eigenvalue weighted by molar-refractivity contribution is -0.148. The Morgan fingerprint density at radius 2 is 0.169 bits per heavy atom. The fourth-order valence-electron chi connectivity index (χ4n) is 12.8. The first kappa shape index (κ1) is 144. The molecule has 0 aromatic heterocycles. The molecule has 0 aromatic carbocycles. The molecule has 0 amide bonds. The van der Waals surface area contributed by atoms with E-state index in [1.165, 1.54) is 38.5 Å². The van der Waals surface area contributed by atoms with E-state index in [0.29, 0.717) is 0 Å². The van der Waals surface area contributed by atoms with Gasteiger partial charge < -0.3 is 91.9 Å². The van der Waals surface area contributed by atoms with Gasteiger partial charge in [0.15, 0.2) is 0 Å². The van der Waals surface area contributed by atoms with Gasteiger partial charge in [0.05, 0.1) is 10.8 Å². The third-order valence-corrected chi connectivity index (χ3v) is 21.3. The number of aliphatic carboxylic acids is 18. The summed E-state index contributed by atoms with van der Waals surface area (Å²) in [6, 6.07) is 0. The molecule has 18 N–H and O–H groups in total. The van der Waals surface area contributed by atoms with E-state index < -0.39 is 118 Å². The molecule has 36 heteroatoms. The summed E-state index contributed by atoms with van der Waals surface area (Å²) in [5.41, 5.74) is -1.18. The summed E-state index contributed by atoms with van der Waals surface area (Å²) in [5.74, 6) is -13.2. The molecule has 0 aliphatic carbocycles. The zero-order valence-corrected chi connectivity index (χ0v) is 83.1. The monoisotopic (exact) mass is 1960 g/mol. The molecule has 0 bridgehead atoms. The van der Waals surface area contributed by atoms with Crippen LogP contribution in [-0.2, 0) is 86.3 Å². The second-order valence-corrected chi connectivity index (χ2v) is 35.7. The van der Waals surface area contributed by atoms with Gasteiger partial charge in [0.25, 0.3) is 0 Å². The van der Waals surface area contributed by atoms with E-state index in [2.05, 4.69) is 0 Å². The van der Waals surface area contributed by atoms with Gasteiger partial charge in [-0.25, -0.2) is 0 Å². The summed E-state index contributed by atoms with van der Waals surface area (Å²) in [5, 5.41) is 152. The van der Waals surface area contributed by atoms with Crippen LogP contribution in [0.4, 0.5) is 0 Å². The van der Waals surface area contributed by atoms with Crippen molar-refractivity contribution in [1.82, 2.24) is 0 Å². The van der Waals surface area contributed by atoms with Gasteiger partial charge in [0, 0.05) is 103 Å². The first-order valence-corrected chi connectivity index (χ1v) is 50.1. The van der Waals surface area contributed by atoms with Gasteiger partial charge in [-0.05, 0) is 143 Å². The van der Waals surface area contributed by atoms with Crippen molar-refractivity contribution in [1.29, 1.82) is 0 Å². The van der Waals surface area contributed by atoms with Crippen molar-refractivity contribution in [2.45, 2.75) is 516 Å². The Bertz CT molecular complexity index is 2340. The maximum atomic E-state index is 11.0. The number of hydrogen-bond donors (Lipinski definition) is 18. The largest absolute Gasteiger partial charge is 0.481 e. The highest BCUT2D eigenvalue weighted by Gasteiger charge is 2.27. The van der Waals surface area contributed by atoms with E-state index in [-0.39, 0.29) is 103 Å². The van der Waals surface area contributed by atoms with Crippen molar-refractivity contribution >= 4 is 107 Å². The van der Waals surface area contributed by atoms with Gasteiger partial charge in [-0.3, -0.25) is 86.3 Å². The Kier molecular flexibility index (Phi) is 118. The van der Waals surface area contributed by atoms with Gasteiger partial charge in [0.1, 0.15) is 0 Å². The molecule has 0 heterocycles. The molecule has 0 rings (SSSR count). The van der Waals surface area contributed by atoms with Crippen LogP contribution in [0.5, 0.6) is 0 Å². The lowest BCUT2D eigenvalue weighted by Gasteiger charge is -2.18. The highest BCUT2D eigenvalue weighted by molar-refractivity contribution is 5.74. The second-order valence-electron chi connectivity index (χ2n) is 35.7. The Morgan fingerprint density at radius 3 is 0.228 bits per heavy atom. The Morgan fingerprint density at radius 1 is 0.110 bits per heavy atom. The molecule has 136 heavy (non-hydrogen) atoms. The maximum absolute atomic E-state index is 11.0. The van der Waals surface area contributed by atoms with E-state index in [1.807, 2.05) is 0 Å². The molecule has 36 nitrogen and oxygen atoms in total. The summed E-state index contributed by atoms with van der Waals surface area (Å²) >= 11 is 0.